The summed E-state index contributed by atoms with van der Waals surface area (Å²) in [6.07, 6.45) is 2.46. The summed E-state index contributed by atoms with van der Waals surface area (Å²) in [5.41, 5.74) is -0.0374. The molecular weight excluding hydrogens is 230 g/mol. The molecule has 0 radical (unpaired) electrons. The Kier molecular flexibility index (Phi) is 2.71. The molecule has 2 aromatic rings. The van der Waals surface area contributed by atoms with Crippen LogP contribution < -0.4 is 0 Å². The van der Waals surface area contributed by atoms with Crippen molar-refractivity contribution in [2.24, 2.45) is 0 Å². The number of hydrogen-bond donors (Lipinski definition) is 1. The Morgan fingerprint density at radius 3 is 2.94 bits per heavy atom. The van der Waals surface area contributed by atoms with E-state index in [1.165, 1.54) is 10.7 Å². The molecule has 0 spiro atoms. The molecule has 0 aromatic carbocycles. The third-order valence-electron chi connectivity index (χ3n) is 2.03. The first-order chi connectivity index (χ1) is 7.59. The van der Waals surface area contributed by atoms with E-state index in [0.717, 1.165) is 11.3 Å². The average molecular weight is 239 g/mol. The number of thiophene rings is 1. The predicted molar refractivity (Wildman–Crippen MR) is 58.7 cm³/mol. The van der Waals surface area contributed by atoms with Crippen LogP contribution in [0.4, 0.5) is 5.69 Å². The summed E-state index contributed by atoms with van der Waals surface area (Å²) in [4.78, 5) is 10.9. The van der Waals surface area contributed by atoms with Crippen molar-refractivity contribution in [1.29, 1.82) is 0 Å². The second-order valence-corrected chi connectivity index (χ2v) is 4.29. The number of nitro groups is 1. The van der Waals surface area contributed by atoms with Gasteiger partial charge in [-0.25, -0.2) is 4.68 Å². The number of aliphatic hydroxyl groups is 1. The smallest absolute Gasteiger partial charge is 0.306 e. The molecule has 0 aliphatic carbocycles. The van der Waals surface area contributed by atoms with E-state index in [2.05, 4.69) is 5.10 Å². The van der Waals surface area contributed by atoms with Crippen LogP contribution in [0, 0.1) is 10.1 Å². The van der Waals surface area contributed by atoms with Crippen molar-refractivity contribution >= 4 is 17.0 Å². The summed E-state index contributed by atoms with van der Waals surface area (Å²) in [5, 5.41) is 24.6. The molecule has 1 atom stereocenters. The van der Waals surface area contributed by atoms with Crippen molar-refractivity contribution in [2.75, 3.05) is 0 Å². The Bertz CT molecular complexity index is 504. The van der Waals surface area contributed by atoms with Crippen molar-refractivity contribution < 1.29 is 10.0 Å². The highest BCUT2D eigenvalue weighted by molar-refractivity contribution is 7.15. The Morgan fingerprint density at radius 1 is 1.69 bits per heavy atom. The van der Waals surface area contributed by atoms with Crippen LogP contribution in [-0.2, 0) is 0 Å². The molecule has 0 fully saturated rings. The minimum atomic E-state index is -0.715. The van der Waals surface area contributed by atoms with Gasteiger partial charge in [-0.15, -0.1) is 11.3 Å². The number of rotatable bonds is 3. The zero-order valence-corrected chi connectivity index (χ0v) is 9.22. The first kappa shape index (κ1) is 10.8. The van der Waals surface area contributed by atoms with Gasteiger partial charge in [-0.05, 0) is 13.0 Å². The van der Waals surface area contributed by atoms with E-state index in [0.29, 0.717) is 9.88 Å². The van der Waals surface area contributed by atoms with Gasteiger partial charge in [0.25, 0.3) is 0 Å². The Balaban J connectivity index is 2.55. The zero-order valence-electron chi connectivity index (χ0n) is 8.40. The molecule has 2 aromatic heterocycles. The van der Waals surface area contributed by atoms with Crippen molar-refractivity contribution in [2.45, 2.75) is 13.0 Å². The molecule has 2 heterocycles. The first-order valence-electron chi connectivity index (χ1n) is 4.56. The lowest BCUT2D eigenvalue weighted by molar-refractivity contribution is -0.384. The molecule has 84 valence electrons. The topological polar surface area (TPSA) is 81.2 Å². The average Bonchev–Trinajstić information content (AvgIpc) is 2.86. The van der Waals surface area contributed by atoms with Gasteiger partial charge in [0.2, 0.25) is 0 Å². The maximum Gasteiger partial charge on any atom is 0.306 e. The maximum atomic E-state index is 10.8. The fourth-order valence-corrected chi connectivity index (χ4v) is 2.28. The molecule has 1 N–H and O–H groups in total. The monoisotopic (exact) mass is 239 g/mol. The zero-order chi connectivity index (χ0) is 11.7. The normalized spacial score (nSPS) is 12.6. The maximum absolute atomic E-state index is 10.8. The fraction of sp³-hybridized carbons (Fsp3) is 0.222. The summed E-state index contributed by atoms with van der Waals surface area (Å²) in [5.74, 6) is 0. The fourth-order valence-electron chi connectivity index (χ4n) is 1.28. The highest BCUT2D eigenvalue weighted by atomic mass is 32.1. The molecule has 16 heavy (non-hydrogen) atoms. The number of hydrogen-bond acceptors (Lipinski definition) is 5. The molecule has 1 unspecified atom stereocenters. The van der Waals surface area contributed by atoms with Crippen molar-refractivity contribution in [3.05, 3.63) is 39.5 Å². The second-order valence-electron chi connectivity index (χ2n) is 3.22. The Hall–Kier alpha value is -1.73. The van der Waals surface area contributed by atoms with Crippen LogP contribution in [0.1, 0.15) is 17.9 Å². The molecule has 0 saturated heterocycles. The quantitative estimate of drug-likeness (QED) is 0.655. The lowest BCUT2D eigenvalue weighted by Crippen LogP contribution is -1.95. The Morgan fingerprint density at radius 2 is 2.44 bits per heavy atom. The van der Waals surface area contributed by atoms with Gasteiger partial charge in [-0.1, -0.05) is 0 Å². The van der Waals surface area contributed by atoms with Crippen molar-refractivity contribution in [3.63, 3.8) is 0 Å². The van der Waals surface area contributed by atoms with Gasteiger partial charge in [-0.2, -0.15) is 5.10 Å². The molecule has 0 saturated carbocycles. The predicted octanol–water partition coefficient (Wildman–Crippen LogP) is 1.90. The van der Waals surface area contributed by atoms with Crippen molar-refractivity contribution in [3.8, 4) is 5.00 Å². The lowest BCUT2D eigenvalue weighted by Gasteiger charge is -1.97. The number of aliphatic hydroxyl groups excluding tert-OH is 1. The van der Waals surface area contributed by atoms with Gasteiger partial charge in [0.1, 0.15) is 0 Å². The lowest BCUT2D eigenvalue weighted by atomic mass is 10.3. The van der Waals surface area contributed by atoms with E-state index < -0.39 is 11.0 Å². The molecule has 0 aliphatic rings. The molecular formula is C9H9N3O3S. The second kappa shape index (κ2) is 4.03. The van der Waals surface area contributed by atoms with E-state index in [-0.39, 0.29) is 5.69 Å². The highest BCUT2D eigenvalue weighted by Gasteiger charge is 2.22. The summed E-state index contributed by atoms with van der Waals surface area (Å²) in [6, 6.07) is 3.07. The van der Waals surface area contributed by atoms with E-state index in [1.54, 1.807) is 25.4 Å². The van der Waals surface area contributed by atoms with E-state index >= 15 is 0 Å². The van der Waals surface area contributed by atoms with E-state index in [4.69, 9.17) is 0 Å². The summed E-state index contributed by atoms with van der Waals surface area (Å²) in [7, 11) is 0. The highest BCUT2D eigenvalue weighted by Crippen LogP contribution is 2.35. The van der Waals surface area contributed by atoms with Crippen LogP contribution in [0.25, 0.3) is 5.00 Å². The summed E-state index contributed by atoms with van der Waals surface area (Å²) in [6.45, 7) is 1.57. The standard InChI is InChI=1S/C9H9N3O3S/c1-6(13)8-5-7(12(14)15)9(16-8)11-4-2-3-10-11/h2-6,13H,1H3. The van der Waals surface area contributed by atoms with Gasteiger partial charge in [0, 0.05) is 23.3 Å². The van der Waals surface area contributed by atoms with Crippen LogP contribution in [-0.4, -0.2) is 19.8 Å². The first-order valence-corrected chi connectivity index (χ1v) is 5.37. The van der Waals surface area contributed by atoms with Crippen LogP contribution in [0.15, 0.2) is 24.5 Å². The van der Waals surface area contributed by atoms with E-state index in [1.807, 2.05) is 0 Å². The van der Waals surface area contributed by atoms with Crippen molar-refractivity contribution in [1.82, 2.24) is 9.78 Å². The van der Waals surface area contributed by atoms with E-state index in [9.17, 15) is 15.2 Å². The van der Waals surface area contributed by atoms with Gasteiger partial charge in [0.15, 0.2) is 5.00 Å². The summed E-state index contributed by atoms with van der Waals surface area (Å²) >= 11 is 1.16. The third-order valence-corrected chi connectivity index (χ3v) is 3.32. The molecule has 7 heteroatoms. The molecule has 6 nitrogen and oxygen atoms in total. The molecule has 0 amide bonds. The number of nitrogens with zero attached hydrogens (tertiary/aromatic N) is 3. The molecule has 2 rings (SSSR count). The molecule has 0 aliphatic heterocycles. The van der Waals surface area contributed by atoms with Crippen LogP contribution >= 0.6 is 11.3 Å². The van der Waals surface area contributed by atoms with Crippen LogP contribution in [0.3, 0.4) is 0 Å². The van der Waals surface area contributed by atoms with Gasteiger partial charge >= 0.3 is 5.69 Å². The Labute approximate surface area is 94.9 Å². The van der Waals surface area contributed by atoms with Crippen LogP contribution in [0.2, 0.25) is 0 Å². The SMILES string of the molecule is CC(O)c1cc([N+](=O)[O-])c(-n2cccn2)s1. The minimum Gasteiger partial charge on any atom is -0.388 e. The van der Waals surface area contributed by atoms with Crippen LogP contribution in [0.5, 0.6) is 0 Å². The number of aromatic nitrogens is 2. The van der Waals surface area contributed by atoms with Gasteiger partial charge in [-0.3, -0.25) is 10.1 Å². The molecule has 0 bridgehead atoms. The third kappa shape index (κ3) is 1.82. The largest absolute Gasteiger partial charge is 0.388 e. The minimum absolute atomic E-state index is 0.0374. The summed E-state index contributed by atoms with van der Waals surface area (Å²) < 4.78 is 1.43. The van der Waals surface area contributed by atoms with Gasteiger partial charge < -0.3 is 5.11 Å². The van der Waals surface area contributed by atoms with Gasteiger partial charge in [0.05, 0.1) is 11.0 Å².